The fourth-order valence-electron chi connectivity index (χ4n) is 3.96. The Bertz CT molecular complexity index is 1070. The van der Waals surface area contributed by atoms with Crippen LogP contribution in [-0.4, -0.2) is 17.3 Å². The highest BCUT2D eigenvalue weighted by Crippen LogP contribution is 2.36. The molecule has 150 valence electrons. The predicted molar refractivity (Wildman–Crippen MR) is 109 cm³/mol. The van der Waals surface area contributed by atoms with E-state index in [9.17, 15) is 9.18 Å². The maximum absolute atomic E-state index is 13.5. The second kappa shape index (κ2) is 7.62. The van der Waals surface area contributed by atoms with Crippen LogP contribution in [0.2, 0.25) is 0 Å². The van der Waals surface area contributed by atoms with Gasteiger partial charge in [0.2, 0.25) is 6.79 Å². The lowest BCUT2D eigenvalue weighted by molar-refractivity contribution is 0.1000. The van der Waals surface area contributed by atoms with E-state index in [-0.39, 0.29) is 12.6 Å². The predicted octanol–water partition coefficient (Wildman–Crippen LogP) is 4.43. The van der Waals surface area contributed by atoms with Crippen LogP contribution in [-0.2, 0) is 13.0 Å². The van der Waals surface area contributed by atoms with Gasteiger partial charge in [-0.05, 0) is 48.7 Å². The SMILES string of the molecule is CCCc1c(-c2ccc(F)cc2)c(C(N)=O)c(C)n1Cc1ccc2c(c1)OCO2. The average Bonchev–Trinajstić information content (AvgIpc) is 3.26. The number of hydrogen-bond donors (Lipinski definition) is 1. The van der Waals surface area contributed by atoms with Crippen LogP contribution in [0.3, 0.4) is 0 Å². The van der Waals surface area contributed by atoms with Crippen LogP contribution in [0.4, 0.5) is 4.39 Å². The second-order valence-electron chi connectivity index (χ2n) is 7.18. The molecule has 4 rings (SSSR count). The minimum atomic E-state index is -0.483. The van der Waals surface area contributed by atoms with Crippen LogP contribution < -0.4 is 15.2 Å². The Morgan fingerprint density at radius 3 is 2.55 bits per heavy atom. The first kappa shape index (κ1) is 19.1. The Labute approximate surface area is 168 Å². The highest BCUT2D eigenvalue weighted by molar-refractivity contribution is 6.02. The lowest BCUT2D eigenvalue weighted by atomic mass is 9.98. The van der Waals surface area contributed by atoms with Gasteiger partial charge in [0, 0.05) is 23.5 Å². The first-order chi connectivity index (χ1) is 14.0. The highest BCUT2D eigenvalue weighted by atomic mass is 19.1. The topological polar surface area (TPSA) is 66.5 Å². The molecule has 1 amide bonds. The van der Waals surface area contributed by atoms with Crippen LogP contribution in [0, 0.1) is 12.7 Å². The van der Waals surface area contributed by atoms with E-state index < -0.39 is 5.91 Å². The fourth-order valence-corrected chi connectivity index (χ4v) is 3.96. The van der Waals surface area contributed by atoms with E-state index in [1.54, 1.807) is 12.1 Å². The molecular formula is C23H23FN2O3. The van der Waals surface area contributed by atoms with Gasteiger partial charge in [0.15, 0.2) is 11.5 Å². The second-order valence-corrected chi connectivity index (χ2v) is 7.18. The van der Waals surface area contributed by atoms with E-state index in [2.05, 4.69) is 11.5 Å². The number of nitrogens with zero attached hydrogens (tertiary/aromatic N) is 1. The minimum absolute atomic E-state index is 0.225. The maximum atomic E-state index is 13.5. The van der Waals surface area contributed by atoms with Gasteiger partial charge in [0.05, 0.1) is 5.56 Å². The van der Waals surface area contributed by atoms with Crippen LogP contribution in [0.1, 0.15) is 40.7 Å². The molecule has 0 atom stereocenters. The van der Waals surface area contributed by atoms with Crippen molar-refractivity contribution in [3.63, 3.8) is 0 Å². The molecule has 1 aromatic heterocycles. The number of primary amides is 1. The summed E-state index contributed by atoms with van der Waals surface area (Å²) < 4.78 is 26.5. The van der Waals surface area contributed by atoms with Gasteiger partial charge >= 0.3 is 0 Å². The van der Waals surface area contributed by atoms with Crippen molar-refractivity contribution < 1.29 is 18.7 Å². The molecule has 2 N–H and O–H groups in total. The number of carbonyl (C=O) groups is 1. The summed E-state index contributed by atoms with van der Waals surface area (Å²) in [5.74, 6) is 0.654. The molecule has 5 nitrogen and oxygen atoms in total. The molecule has 6 heteroatoms. The summed E-state index contributed by atoms with van der Waals surface area (Å²) in [5.41, 5.74) is 10.7. The monoisotopic (exact) mass is 394 g/mol. The Hall–Kier alpha value is -3.28. The van der Waals surface area contributed by atoms with Crippen molar-refractivity contribution in [3.05, 3.63) is 70.8 Å². The van der Waals surface area contributed by atoms with Crippen molar-refractivity contribution in [1.29, 1.82) is 0 Å². The molecule has 2 aromatic carbocycles. The summed E-state index contributed by atoms with van der Waals surface area (Å²) in [6.07, 6.45) is 1.67. The molecule has 0 spiro atoms. The number of fused-ring (bicyclic) bond motifs is 1. The summed E-state index contributed by atoms with van der Waals surface area (Å²) in [6, 6.07) is 12.0. The Morgan fingerprint density at radius 1 is 1.14 bits per heavy atom. The normalized spacial score (nSPS) is 12.4. The van der Waals surface area contributed by atoms with Gasteiger partial charge in [-0.2, -0.15) is 0 Å². The maximum Gasteiger partial charge on any atom is 0.251 e. The van der Waals surface area contributed by atoms with Crippen molar-refractivity contribution in [1.82, 2.24) is 4.57 Å². The van der Waals surface area contributed by atoms with Gasteiger partial charge in [0.25, 0.3) is 5.91 Å². The number of aromatic nitrogens is 1. The standard InChI is InChI=1S/C23H23FN2O3/c1-3-4-18-22(16-6-8-17(24)9-7-16)21(23(25)27)14(2)26(18)12-15-5-10-19-20(11-15)29-13-28-19/h5-11H,3-4,12-13H2,1-2H3,(H2,25,27). The number of nitrogens with two attached hydrogens (primary N) is 1. The summed E-state index contributed by atoms with van der Waals surface area (Å²) in [4.78, 5) is 12.4. The number of rotatable bonds is 6. The molecule has 1 aliphatic heterocycles. The quantitative estimate of drug-likeness (QED) is 0.673. The largest absolute Gasteiger partial charge is 0.454 e. The van der Waals surface area contributed by atoms with Crippen molar-refractivity contribution in [3.8, 4) is 22.6 Å². The minimum Gasteiger partial charge on any atom is -0.454 e. The van der Waals surface area contributed by atoms with Gasteiger partial charge in [-0.15, -0.1) is 0 Å². The number of carbonyl (C=O) groups excluding carboxylic acids is 1. The van der Waals surface area contributed by atoms with Crippen molar-refractivity contribution in [2.45, 2.75) is 33.2 Å². The van der Waals surface area contributed by atoms with Gasteiger partial charge in [0.1, 0.15) is 5.82 Å². The molecule has 29 heavy (non-hydrogen) atoms. The molecule has 2 heterocycles. The zero-order chi connectivity index (χ0) is 20.5. The fraction of sp³-hybridized carbons (Fsp3) is 0.261. The molecule has 3 aromatic rings. The average molecular weight is 394 g/mol. The Kier molecular flexibility index (Phi) is 5.01. The van der Waals surface area contributed by atoms with Crippen molar-refractivity contribution >= 4 is 5.91 Å². The number of ether oxygens (including phenoxy) is 2. The van der Waals surface area contributed by atoms with Gasteiger partial charge in [-0.1, -0.05) is 31.5 Å². The van der Waals surface area contributed by atoms with Gasteiger partial charge in [-0.3, -0.25) is 4.79 Å². The first-order valence-corrected chi connectivity index (χ1v) is 9.65. The van der Waals surface area contributed by atoms with Crippen molar-refractivity contribution in [2.75, 3.05) is 6.79 Å². The number of benzene rings is 2. The zero-order valence-corrected chi connectivity index (χ0v) is 16.5. The summed E-state index contributed by atoms with van der Waals surface area (Å²) in [6.45, 7) is 4.78. The molecule has 0 aliphatic carbocycles. The van der Waals surface area contributed by atoms with Crippen LogP contribution in [0.25, 0.3) is 11.1 Å². The lowest BCUT2D eigenvalue weighted by Crippen LogP contribution is -2.13. The molecular weight excluding hydrogens is 371 g/mol. The number of halogens is 1. The molecule has 0 radical (unpaired) electrons. The van der Waals surface area contributed by atoms with Crippen molar-refractivity contribution in [2.24, 2.45) is 5.73 Å². The molecule has 0 saturated heterocycles. The third kappa shape index (κ3) is 3.46. The molecule has 0 bridgehead atoms. The van der Waals surface area contributed by atoms with Crippen LogP contribution in [0.15, 0.2) is 42.5 Å². The van der Waals surface area contributed by atoms with Gasteiger partial charge < -0.3 is 19.8 Å². The molecule has 0 fully saturated rings. The van der Waals surface area contributed by atoms with E-state index in [0.717, 1.165) is 52.4 Å². The number of amides is 1. The van der Waals surface area contributed by atoms with Crippen LogP contribution in [0.5, 0.6) is 11.5 Å². The Balaban J connectivity index is 1.86. The molecule has 0 unspecified atom stereocenters. The first-order valence-electron chi connectivity index (χ1n) is 9.65. The summed E-state index contributed by atoms with van der Waals surface area (Å²) in [5, 5.41) is 0. The van der Waals surface area contributed by atoms with E-state index in [1.165, 1.54) is 12.1 Å². The Morgan fingerprint density at radius 2 is 1.86 bits per heavy atom. The summed E-state index contributed by atoms with van der Waals surface area (Å²) >= 11 is 0. The highest BCUT2D eigenvalue weighted by Gasteiger charge is 2.25. The van der Waals surface area contributed by atoms with E-state index >= 15 is 0 Å². The smallest absolute Gasteiger partial charge is 0.251 e. The van der Waals surface area contributed by atoms with E-state index in [0.29, 0.717) is 12.1 Å². The third-order valence-electron chi connectivity index (χ3n) is 5.27. The lowest BCUT2D eigenvalue weighted by Gasteiger charge is -2.13. The molecule has 0 saturated carbocycles. The van der Waals surface area contributed by atoms with Crippen LogP contribution >= 0.6 is 0 Å². The van der Waals surface area contributed by atoms with Gasteiger partial charge in [-0.25, -0.2) is 4.39 Å². The van der Waals surface area contributed by atoms with E-state index in [4.69, 9.17) is 15.2 Å². The number of hydrogen-bond acceptors (Lipinski definition) is 3. The summed E-state index contributed by atoms with van der Waals surface area (Å²) in [7, 11) is 0. The third-order valence-corrected chi connectivity index (χ3v) is 5.27. The molecule has 1 aliphatic rings. The zero-order valence-electron chi connectivity index (χ0n) is 16.5. The van der Waals surface area contributed by atoms with E-state index in [1.807, 2.05) is 25.1 Å².